The van der Waals surface area contributed by atoms with Gasteiger partial charge in [-0.3, -0.25) is 0 Å². The number of thiocarbonyl (C=S) groups is 1. The van der Waals surface area contributed by atoms with Gasteiger partial charge in [0.05, 0.1) is 5.69 Å². The molecule has 0 fully saturated rings. The molecule has 0 saturated heterocycles. The Bertz CT molecular complexity index is 517. The van der Waals surface area contributed by atoms with Gasteiger partial charge < -0.3 is 15.6 Å². The molecule has 1 aliphatic heterocycles. The molecule has 0 saturated carbocycles. The van der Waals surface area contributed by atoms with Crippen LogP contribution in [0.15, 0.2) is 18.5 Å². The fourth-order valence-electron chi connectivity index (χ4n) is 1.66. The topological polar surface area (TPSA) is 52.7 Å². The summed E-state index contributed by atoms with van der Waals surface area (Å²) in [5.41, 5.74) is 3.10. The Morgan fingerprint density at radius 1 is 1.43 bits per heavy atom. The van der Waals surface area contributed by atoms with Crippen LogP contribution in [0.1, 0.15) is 5.56 Å². The number of pyridine rings is 1. The summed E-state index contributed by atoms with van der Waals surface area (Å²) in [7, 11) is 0. The van der Waals surface area contributed by atoms with E-state index in [1.807, 2.05) is 18.5 Å². The molecule has 0 aliphatic carbocycles. The summed E-state index contributed by atoms with van der Waals surface area (Å²) in [6.07, 6.45) is 3.74. The third-order valence-corrected chi connectivity index (χ3v) is 2.59. The van der Waals surface area contributed by atoms with E-state index in [9.17, 15) is 0 Å². The molecule has 0 bridgehead atoms. The molecule has 2 aromatic heterocycles. The number of aromatic amines is 1. The SMILES string of the molecule is S=C1NCc2cnc3[nH]ccc3c2N1. The lowest BCUT2D eigenvalue weighted by atomic mass is 10.1. The monoisotopic (exact) mass is 204 g/mol. The predicted octanol–water partition coefficient (Wildman–Crippen LogP) is 1.36. The molecule has 3 N–H and O–H groups in total. The van der Waals surface area contributed by atoms with Crippen LogP contribution in [0, 0.1) is 0 Å². The Kier molecular flexibility index (Phi) is 1.49. The van der Waals surface area contributed by atoms with Crippen LogP contribution in [0.3, 0.4) is 0 Å². The van der Waals surface area contributed by atoms with E-state index in [2.05, 4.69) is 20.6 Å². The number of hydrogen-bond donors (Lipinski definition) is 3. The van der Waals surface area contributed by atoms with Crippen LogP contribution in [0.25, 0.3) is 11.0 Å². The van der Waals surface area contributed by atoms with E-state index in [1.165, 1.54) is 0 Å². The van der Waals surface area contributed by atoms with Crippen LogP contribution in [0.4, 0.5) is 5.69 Å². The first-order chi connectivity index (χ1) is 6.84. The zero-order valence-corrected chi connectivity index (χ0v) is 8.11. The number of nitrogens with one attached hydrogen (secondary N) is 3. The lowest BCUT2D eigenvalue weighted by Gasteiger charge is -2.20. The molecule has 1 aliphatic rings. The minimum absolute atomic E-state index is 0.672. The smallest absolute Gasteiger partial charge is 0.171 e. The van der Waals surface area contributed by atoms with Crippen molar-refractivity contribution >= 4 is 34.1 Å². The molecular weight excluding hydrogens is 196 g/mol. The van der Waals surface area contributed by atoms with Crippen molar-refractivity contribution in [2.75, 3.05) is 5.32 Å². The third-order valence-electron chi connectivity index (χ3n) is 2.34. The number of nitrogens with zero attached hydrogens (tertiary/aromatic N) is 1. The highest BCUT2D eigenvalue weighted by atomic mass is 32.1. The lowest BCUT2D eigenvalue weighted by Crippen LogP contribution is -2.33. The standard InChI is InChI=1S/C9H8N4S/c14-9-12-4-5-3-11-8-6(1-2-10-8)7(5)13-9/h1-3H,4H2,(H,10,11)(H2,12,13,14). The summed E-state index contributed by atoms with van der Waals surface area (Å²) in [6.45, 7) is 0.745. The van der Waals surface area contributed by atoms with E-state index in [0.717, 1.165) is 28.8 Å². The highest BCUT2D eigenvalue weighted by Gasteiger charge is 2.14. The number of anilines is 1. The normalized spacial score (nSPS) is 14.7. The third kappa shape index (κ3) is 0.990. The van der Waals surface area contributed by atoms with Crippen molar-refractivity contribution in [3.05, 3.63) is 24.0 Å². The first-order valence-electron chi connectivity index (χ1n) is 4.34. The van der Waals surface area contributed by atoms with Crippen molar-refractivity contribution in [2.24, 2.45) is 0 Å². The van der Waals surface area contributed by atoms with E-state index in [1.54, 1.807) is 0 Å². The number of H-pyrrole nitrogens is 1. The van der Waals surface area contributed by atoms with Gasteiger partial charge in [0.25, 0.3) is 0 Å². The molecule has 0 spiro atoms. The molecule has 5 heteroatoms. The maximum absolute atomic E-state index is 5.07. The van der Waals surface area contributed by atoms with Gasteiger partial charge in [-0.25, -0.2) is 4.98 Å². The number of fused-ring (bicyclic) bond motifs is 3. The Hall–Kier alpha value is -1.62. The molecule has 0 atom stereocenters. The maximum Gasteiger partial charge on any atom is 0.171 e. The van der Waals surface area contributed by atoms with Gasteiger partial charge in [0.15, 0.2) is 5.11 Å². The summed E-state index contributed by atoms with van der Waals surface area (Å²) in [6, 6.07) is 2.00. The van der Waals surface area contributed by atoms with Gasteiger partial charge in [0.1, 0.15) is 5.65 Å². The molecule has 14 heavy (non-hydrogen) atoms. The molecule has 0 aromatic carbocycles. The van der Waals surface area contributed by atoms with Gasteiger partial charge in [0.2, 0.25) is 0 Å². The largest absolute Gasteiger partial charge is 0.358 e. The first-order valence-corrected chi connectivity index (χ1v) is 4.75. The van der Waals surface area contributed by atoms with Gasteiger partial charge >= 0.3 is 0 Å². The molecule has 0 unspecified atom stereocenters. The van der Waals surface area contributed by atoms with Crippen molar-refractivity contribution in [3.8, 4) is 0 Å². The fourth-order valence-corrected chi connectivity index (χ4v) is 1.84. The van der Waals surface area contributed by atoms with Crippen LogP contribution in [0.5, 0.6) is 0 Å². The number of rotatable bonds is 0. The van der Waals surface area contributed by atoms with E-state index >= 15 is 0 Å². The van der Waals surface area contributed by atoms with Crippen LogP contribution >= 0.6 is 12.2 Å². The van der Waals surface area contributed by atoms with Gasteiger partial charge in [-0.05, 0) is 18.3 Å². The van der Waals surface area contributed by atoms with Gasteiger partial charge in [-0.15, -0.1) is 0 Å². The molecule has 70 valence electrons. The Labute approximate surface area is 85.7 Å². The minimum atomic E-state index is 0.672. The zero-order valence-electron chi connectivity index (χ0n) is 7.29. The van der Waals surface area contributed by atoms with E-state index in [-0.39, 0.29) is 0 Å². The molecule has 3 rings (SSSR count). The number of aromatic nitrogens is 2. The number of hydrogen-bond acceptors (Lipinski definition) is 2. The summed E-state index contributed by atoms with van der Waals surface area (Å²) in [5.74, 6) is 0. The minimum Gasteiger partial charge on any atom is -0.358 e. The van der Waals surface area contributed by atoms with Gasteiger partial charge in [-0.1, -0.05) is 0 Å². The van der Waals surface area contributed by atoms with Crippen LogP contribution in [-0.4, -0.2) is 15.1 Å². The quantitative estimate of drug-likeness (QED) is 0.567. The van der Waals surface area contributed by atoms with Crippen molar-refractivity contribution in [1.29, 1.82) is 0 Å². The summed E-state index contributed by atoms with van der Waals surface area (Å²) in [5, 5.41) is 7.98. The van der Waals surface area contributed by atoms with Crippen LogP contribution in [-0.2, 0) is 6.54 Å². The molecule has 4 nitrogen and oxygen atoms in total. The zero-order chi connectivity index (χ0) is 9.54. The second-order valence-electron chi connectivity index (χ2n) is 3.21. The van der Waals surface area contributed by atoms with Crippen molar-refractivity contribution in [2.45, 2.75) is 6.54 Å². The molecule has 0 amide bonds. The van der Waals surface area contributed by atoms with Crippen molar-refractivity contribution in [1.82, 2.24) is 15.3 Å². The maximum atomic E-state index is 5.07. The molecule has 2 aromatic rings. The first kappa shape index (κ1) is 7.75. The summed E-state index contributed by atoms with van der Waals surface area (Å²) < 4.78 is 0. The van der Waals surface area contributed by atoms with E-state index in [0.29, 0.717) is 5.11 Å². The average molecular weight is 204 g/mol. The van der Waals surface area contributed by atoms with Gasteiger partial charge in [0, 0.05) is 29.9 Å². The second-order valence-corrected chi connectivity index (χ2v) is 3.61. The second kappa shape index (κ2) is 2.68. The van der Waals surface area contributed by atoms with Crippen LogP contribution < -0.4 is 10.6 Å². The average Bonchev–Trinajstić information content (AvgIpc) is 2.65. The molecule has 3 heterocycles. The van der Waals surface area contributed by atoms with Crippen molar-refractivity contribution < 1.29 is 0 Å². The lowest BCUT2D eigenvalue weighted by molar-refractivity contribution is 0.904. The molecular formula is C9H8N4S. The summed E-state index contributed by atoms with van der Waals surface area (Å²) >= 11 is 5.07. The highest BCUT2D eigenvalue weighted by molar-refractivity contribution is 7.80. The fraction of sp³-hybridized carbons (Fsp3) is 0.111. The van der Waals surface area contributed by atoms with E-state index < -0.39 is 0 Å². The Morgan fingerprint density at radius 2 is 2.36 bits per heavy atom. The summed E-state index contributed by atoms with van der Waals surface area (Å²) in [4.78, 5) is 7.37. The Balaban J connectivity index is 2.31. The van der Waals surface area contributed by atoms with Crippen LogP contribution in [0.2, 0.25) is 0 Å². The highest BCUT2D eigenvalue weighted by Crippen LogP contribution is 2.26. The van der Waals surface area contributed by atoms with Crippen molar-refractivity contribution in [3.63, 3.8) is 0 Å². The van der Waals surface area contributed by atoms with Gasteiger partial charge in [-0.2, -0.15) is 0 Å². The Morgan fingerprint density at radius 3 is 3.29 bits per heavy atom. The van der Waals surface area contributed by atoms with E-state index in [4.69, 9.17) is 12.2 Å². The molecule has 0 radical (unpaired) electrons. The predicted molar refractivity (Wildman–Crippen MR) is 59.2 cm³/mol.